The van der Waals surface area contributed by atoms with Crippen molar-refractivity contribution in [2.45, 2.75) is 52.2 Å². The van der Waals surface area contributed by atoms with Gasteiger partial charge in [-0.05, 0) is 85.6 Å². The van der Waals surface area contributed by atoms with Crippen LogP contribution in [0.5, 0.6) is 11.5 Å². The molecule has 0 saturated heterocycles. The van der Waals surface area contributed by atoms with Gasteiger partial charge in [0.15, 0.2) is 5.11 Å². The molecule has 0 radical (unpaired) electrons. The van der Waals surface area contributed by atoms with Gasteiger partial charge in [-0.1, -0.05) is 38.1 Å². The molecule has 182 valence electrons. The van der Waals surface area contributed by atoms with Crippen molar-refractivity contribution in [2.24, 2.45) is 5.10 Å². The van der Waals surface area contributed by atoms with E-state index in [4.69, 9.17) is 21.7 Å². The van der Waals surface area contributed by atoms with Crippen molar-refractivity contribution < 1.29 is 13.9 Å². The molecule has 1 aliphatic rings. The predicted octanol–water partition coefficient (Wildman–Crippen LogP) is 6.78. The fourth-order valence-corrected chi connectivity index (χ4v) is 3.98. The second kappa shape index (κ2) is 10.4. The van der Waals surface area contributed by atoms with Gasteiger partial charge in [0, 0.05) is 17.7 Å². The molecule has 0 aromatic heterocycles. The van der Waals surface area contributed by atoms with Crippen molar-refractivity contribution in [1.29, 1.82) is 0 Å². The maximum Gasteiger partial charge on any atom is 0.191 e. The molecule has 1 aliphatic heterocycles. The standard InChI is InChI=1S/C28H30FN3O2S/c1-18(2)20-7-11-22(12-8-20)30-27(35)32-31-25-16-28(3,4)34-26-14-13-23(15-24(25)26)33-17-19-5-9-21(29)10-6-19/h5-15,18H,16-17H2,1-4H3,(H2,30,32,35)/b31-25-. The van der Waals surface area contributed by atoms with E-state index in [1.807, 2.05) is 44.2 Å². The fourth-order valence-electron chi connectivity index (χ4n) is 3.82. The predicted molar refractivity (Wildman–Crippen MR) is 143 cm³/mol. The molecule has 2 N–H and O–H groups in total. The number of halogens is 1. The Bertz CT molecular complexity index is 1220. The molecule has 7 heteroatoms. The Morgan fingerprint density at radius 1 is 1.09 bits per heavy atom. The summed E-state index contributed by atoms with van der Waals surface area (Å²) in [5, 5.41) is 8.20. The molecular formula is C28H30FN3O2S. The van der Waals surface area contributed by atoms with Crippen LogP contribution in [0.15, 0.2) is 71.8 Å². The fraction of sp³-hybridized carbons (Fsp3) is 0.286. The summed E-state index contributed by atoms with van der Waals surface area (Å²) in [5.74, 6) is 1.62. The third-order valence-electron chi connectivity index (χ3n) is 5.69. The maximum atomic E-state index is 13.2. The van der Waals surface area contributed by atoms with E-state index in [0.717, 1.165) is 28.3 Å². The number of ether oxygens (including phenoxy) is 2. The van der Waals surface area contributed by atoms with Crippen molar-refractivity contribution in [3.8, 4) is 11.5 Å². The minimum absolute atomic E-state index is 0.268. The SMILES string of the molecule is CC(C)c1ccc(NC(=S)N/N=C2/CC(C)(C)Oc3ccc(OCc4ccc(F)cc4)cc32)cc1. The van der Waals surface area contributed by atoms with Crippen LogP contribution in [0.2, 0.25) is 0 Å². The average molecular weight is 492 g/mol. The van der Waals surface area contributed by atoms with E-state index in [2.05, 4.69) is 41.8 Å². The Hall–Kier alpha value is -3.45. The first kappa shape index (κ1) is 24.7. The summed E-state index contributed by atoms with van der Waals surface area (Å²) >= 11 is 5.46. The molecule has 0 atom stereocenters. The van der Waals surface area contributed by atoms with Crippen LogP contribution < -0.4 is 20.2 Å². The molecular weight excluding hydrogens is 461 g/mol. The van der Waals surface area contributed by atoms with E-state index < -0.39 is 5.60 Å². The zero-order valence-corrected chi connectivity index (χ0v) is 21.2. The van der Waals surface area contributed by atoms with Crippen LogP contribution in [0.25, 0.3) is 0 Å². The largest absolute Gasteiger partial charge is 0.489 e. The molecule has 0 spiro atoms. The van der Waals surface area contributed by atoms with Gasteiger partial charge in [-0.3, -0.25) is 5.43 Å². The quantitative estimate of drug-likeness (QED) is 0.294. The molecule has 4 rings (SSSR count). The Morgan fingerprint density at radius 3 is 2.49 bits per heavy atom. The number of anilines is 1. The number of nitrogens with one attached hydrogen (secondary N) is 2. The number of hydrazone groups is 1. The first-order valence-electron chi connectivity index (χ1n) is 11.6. The van der Waals surface area contributed by atoms with E-state index in [0.29, 0.717) is 29.8 Å². The summed E-state index contributed by atoms with van der Waals surface area (Å²) in [6.45, 7) is 8.71. The van der Waals surface area contributed by atoms with E-state index in [-0.39, 0.29) is 5.82 Å². The van der Waals surface area contributed by atoms with Gasteiger partial charge in [0.05, 0.1) is 5.71 Å². The summed E-state index contributed by atoms with van der Waals surface area (Å²) in [4.78, 5) is 0. The highest BCUT2D eigenvalue weighted by Crippen LogP contribution is 2.35. The van der Waals surface area contributed by atoms with Gasteiger partial charge >= 0.3 is 0 Å². The van der Waals surface area contributed by atoms with E-state index in [1.165, 1.54) is 17.7 Å². The van der Waals surface area contributed by atoms with Crippen LogP contribution in [0, 0.1) is 5.82 Å². The third-order valence-corrected chi connectivity index (χ3v) is 5.88. The van der Waals surface area contributed by atoms with Crippen molar-refractivity contribution >= 4 is 28.7 Å². The van der Waals surface area contributed by atoms with Gasteiger partial charge in [0.25, 0.3) is 0 Å². The molecule has 0 fully saturated rings. The second-order valence-corrected chi connectivity index (χ2v) is 9.92. The number of hydrogen-bond donors (Lipinski definition) is 2. The molecule has 0 aliphatic carbocycles. The van der Waals surface area contributed by atoms with Crippen LogP contribution in [0.3, 0.4) is 0 Å². The third kappa shape index (κ3) is 6.57. The van der Waals surface area contributed by atoms with Gasteiger partial charge in [-0.2, -0.15) is 5.10 Å². The monoisotopic (exact) mass is 491 g/mol. The smallest absolute Gasteiger partial charge is 0.191 e. The topological polar surface area (TPSA) is 54.9 Å². The van der Waals surface area contributed by atoms with Crippen LogP contribution >= 0.6 is 12.2 Å². The first-order chi connectivity index (χ1) is 16.7. The summed E-state index contributed by atoms with van der Waals surface area (Å²) in [7, 11) is 0. The van der Waals surface area contributed by atoms with E-state index in [1.54, 1.807) is 12.1 Å². The second-order valence-electron chi connectivity index (χ2n) is 9.51. The molecule has 5 nitrogen and oxygen atoms in total. The minimum Gasteiger partial charge on any atom is -0.489 e. The Morgan fingerprint density at radius 2 is 1.80 bits per heavy atom. The summed E-state index contributed by atoms with van der Waals surface area (Å²) in [5.41, 5.74) is 7.29. The zero-order chi connectivity index (χ0) is 25.0. The lowest BCUT2D eigenvalue weighted by Gasteiger charge is -2.33. The van der Waals surface area contributed by atoms with Crippen LogP contribution in [-0.2, 0) is 6.61 Å². The maximum absolute atomic E-state index is 13.2. The van der Waals surface area contributed by atoms with E-state index in [9.17, 15) is 4.39 Å². The number of thiocarbonyl (C=S) groups is 1. The van der Waals surface area contributed by atoms with Gasteiger partial charge in [0.1, 0.15) is 29.5 Å². The number of hydrogen-bond acceptors (Lipinski definition) is 4. The molecule has 0 unspecified atom stereocenters. The van der Waals surface area contributed by atoms with Gasteiger partial charge in [-0.25, -0.2) is 4.39 Å². The first-order valence-corrected chi connectivity index (χ1v) is 12.0. The van der Waals surface area contributed by atoms with Gasteiger partial charge in [0.2, 0.25) is 0 Å². The number of fused-ring (bicyclic) bond motifs is 1. The molecule has 0 saturated carbocycles. The molecule has 1 heterocycles. The lowest BCUT2D eigenvalue weighted by molar-refractivity contribution is 0.111. The molecule has 0 amide bonds. The Kier molecular flexibility index (Phi) is 7.36. The lowest BCUT2D eigenvalue weighted by atomic mass is 9.92. The Labute approximate surface area is 211 Å². The van der Waals surface area contributed by atoms with E-state index >= 15 is 0 Å². The summed E-state index contributed by atoms with van der Waals surface area (Å²) in [6, 6.07) is 20.1. The lowest BCUT2D eigenvalue weighted by Crippen LogP contribution is -2.37. The highest BCUT2D eigenvalue weighted by molar-refractivity contribution is 7.80. The average Bonchev–Trinajstić information content (AvgIpc) is 2.82. The molecule has 35 heavy (non-hydrogen) atoms. The Balaban J connectivity index is 1.47. The van der Waals surface area contributed by atoms with Gasteiger partial charge < -0.3 is 14.8 Å². The molecule has 0 bridgehead atoms. The summed E-state index contributed by atoms with van der Waals surface area (Å²) in [6.07, 6.45) is 0.597. The number of benzene rings is 3. The normalized spacial score (nSPS) is 15.3. The number of rotatable bonds is 6. The van der Waals surface area contributed by atoms with Crippen molar-refractivity contribution in [2.75, 3.05) is 5.32 Å². The summed E-state index contributed by atoms with van der Waals surface area (Å²) < 4.78 is 25.2. The van der Waals surface area contributed by atoms with Crippen LogP contribution in [0.1, 0.15) is 56.7 Å². The van der Waals surface area contributed by atoms with Crippen LogP contribution in [0.4, 0.5) is 10.1 Å². The number of nitrogens with zero attached hydrogens (tertiary/aromatic N) is 1. The minimum atomic E-state index is -0.411. The highest BCUT2D eigenvalue weighted by atomic mass is 32.1. The molecule has 3 aromatic carbocycles. The van der Waals surface area contributed by atoms with Crippen LogP contribution in [-0.4, -0.2) is 16.4 Å². The van der Waals surface area contributed by atoms with Gasteiger partial charge in [-0.15, -0.1) is 0 Å². The van der Waals surface area contributed by atoms with Crippen molar-refractivity contribution in [1.82, 2.24) is 5.43 Å². The zero-order valence-electron chi connectivity index (χ0n) is 20.4. The van der Waals surface area contributed by atoms with Crippen molar-refractivity contribution in [3.05, 3.63) is 89.2 Å². The molecule has 3 aromatic rings. The highest BCUT2D eigenvalue weighted by Gasteiger charge is 2.31. The van der Waals surface area contributed by atoms with Crippen molar-refractivity contribution in [3.63, 3.8) is 0 Å².